The van der Waals surface area contributed by atoms with E-state index in [9.17, 15) is 4.79 Å². The number of nitrogens with zero attached hydrogens (tertiary/aromatic N) is 3. The number of hydrogen-bond donors (Lipinski definition) is 1. The summed E-state index contributed by atoms with van der Waals surface area (Å²) in [6.45, 7) is 15.4. The number of para-hydroxylation sites is 1. The maximum Gasteiger partial charge on any atom is 0.280 e. The van der Waals surface area contributed by atoms with Gasteiger partial charge in [-0.2, -0.15) is 11.4 Å². The molecule has 0 saturated carbocycles. The summed E-state index contributed by atoms with van der Waals surface area (Å²) in [5.41, 5.74) is 2.55. The molecule has 35 heavy (non-hydrogen) atoms. The number of guanidine groups is 1. The summed E-state index contributed by atoms with van der Waals surface area (Å²) in [6.07, 6.45) is 2.08. The average molecular weight is 636 g/mol. The number of hydrogen-bond acceptors (Lipinski definition) is 2. The SMILES string of the molecule is C.C.CC.CC.CN1CCCN(C)C1=NC(=O)c1ccc(Nc2ccccc2)cc1.[CH2-]CC.[Y].[Y]. The van der Waals surface area contributed by atoms with Gasteiger partial charge in [-0.3, -0.25) is 4.79 Å². The summed E-state index contributed by atoms with van der Waals surface area (Å²) >= 11 is 0. The minimum atomic E-state index is -0.211. The molecule has 3 rings (SSSR count). The van der Waals surface area contributed by atoms with Gasteiger partial charge in [0.15, 0.2) is 0 Å². The standard InChI is InChI=1S/C19H22N4O.C3H7.2C2H6.2CH4.2Y/c1-22-13-6-14-23(2)19(22)21-18(24)15-9-11-17(12-10-15)20-16-7-4-3-5-8-16;1-3-2;2*1-2;;;;/h3-5,7-12,20H,6,13-14H2,1-2H3;1,3H2,2H3;2*1-2H3;2*1H4;;/q;-1;;;;;;. The second-order valence-electron chi connectivity index (χ2n) is 6.48. The first-order chi connectivity index (χ1) is 15.0. The van der Waals surface area contributed by atoms with Gasteiger partial charge < -0.3 is 22.0 Å². The molecule has 1 N–H and O–H groups in total. The molecule has 0 aromatic heterocycles. The molecule has 0 spiro atoms. The Balaban J connectivity index is -0.000000249. The van der Waals surface area contributed by atoms with Crippen LogP contribution >= 0.6 is 0 Å². The van der Waals surface area contributed by atoms with Crippen molar-refractivity contribution in [2.75, 3.05) is 32.5 Å². The summed E-state index contributed by atoms with van der Waals surface area (Å²) in [6, 6.07) is 17.3. The van der Waals surface area contributed by atoms with Gasteiger partial charge >= 0.3 is 0 Å². The van der Waals surface area contributed by atoms with Crippen molar-refractivity contribution in [3.63, 3.8) is 0 Å². The summed E-state index contributed by atoms with van der Waals surface area (Å²) in [5.74, 6) is 0.523. The Hall–Kier alpha value is -0.612. The molecular weight excluding hydrogens is 586 g/mol. The van der Waals surface area contributed by atoms with Crippen molar-refractivity contribution in [3.05, 3.63) is 67.1 Å². The Kier molecular flexibility index (Phi) is 35.5. The van der Waals surface area contributed by atoms with Crippen LogP contribution in [0.3, 0.4) is 0 Å². The smallest absolute Gasteiger partial charge is 0.280 e. The normalized spacial score (nSPS) is 10.8. The number of carbonyl (C=O) groups is 1. The van der Waals surface area contributed by atoms with Gasteiger partial charge in [-0.05, 0) is 42.8 Å². The second-order valence-corrected chi connectivity index (χ2v) is 6.48. The van der Waals surface area contributed by atoms with Gasteiger partial charge in [0.25, 0.3) is 5.91 Å². The third-order valence-corrected chi connectivity index (χ3v) is 4.07. The van der Waals surface area contributed by atoms with Gasteiger partial charge in [0.05, 0.1) is 0 Å². The zero-order valence-corrected chi connectivity index (χ0v) is 27.3. The molecule has 7 heteroatoms. The molecule has 1 fully saturated rings. The summed E-state index contributed by atoms with van der Waals surface area (Å²) in [7, 11) is 3.93. The Labute approximate surface area is 267 Å². The molecule has 2 aromatic carbocycles. The molecule has 0 bridgehead atoms. The minimum Gasteiger partial charge on any atom is -0.356 e. The first kappa shape index (κ1) is 44.4. The molecule has 194 valence electrons. The van der Waals surface area contributed by atoms with Crippen LogP contribution in [-0.4, -0.2) is 48.9 Å². The van der Waals surface area contributed by atoms with E-state index >= 15 is 0 Å². The maximum absolute atomic E-state index is 12.4. The van der Waals surface area contributed by atoms with Crippen molar-refractivity contribution in [1.82, 2.24) is 9.80 Å². The molecule has 1 amide bonds. The van der Waals surface area contributed by atoms with Crippen LogP contribution in [0.2, 0.25) is 0 Å². The number of nitrogens with one attached hydrogen (secondary N) is 1. The van der Waals surface area contributed by atoms with E-state index in [-0.39, 0.29) is 86.2 Å². The molecule has 0 aliphatic carbocycles. The van der Waals surface area contributed by atoms with Gasteiger partial charge in [0, 0.05) is 110 Å². The first-order valence-electron chi connectivity index (χ1n) is 11.3. The van der Waals surface area contributed by atoms with Crippen LogP contribution in [0, 0.1) is 6.92 Å². The van der Waals surface area contributed by atoms with E-state index in [2.05, 4.69) is 17.2 Å². The van der Waals surface area contributed by atoms with E-state index in [1.807, 2.05) is 101 Å². The number of benzene rings is 2. The van der Waals surface area contributed by atoms with E-state index in [4.69, 9.17) is 0 Å². The molecule has 1 heterocycles. The number of amides is 1. The maximum atomic E-state index is 12.4. The minimum absolute atomic E-state index is 0. The van der Waals surface area contributed by atoms with E-state index in [1.165, 1.54) is 0 Å². The Morgan fingerprint density at radius 2 is 1.26 bits per heavy atom. The van der Waals surface area contributed by atoms with E-state index in [0.717, 1.165) is 43.3 Å². The van der Waals surface area contributed by atoms with Gasteiger partial charge in [-0.1, -0.05) is 67.7 Å². The van der Waals surface area contributed by atoms with Crippen LogP contribution in [0.15, 0.2) is 59.6 Å². The Morgan fingerprint density at radius 3 is 1.69 bits per heavy atom. The van der Waals surface area contributed by atoms with Gasteiger partial charge in [0.2, 0.25) is 5.96 Å². The number of rotatable bonds is 3. The van der Waals surface area contributed by atoms with Crippen LogP contribution < -0.4 is 5.32 Å². The number of aliphatic imine (C=N–C) groups is 1. The number of carbonyl (C=O) groups excluding carboxylic acids is 1. The first-order valence-corrected chi connectivity index (χ1v) is 11.3. The van der Waals surface area contributed by atoms with Crippen LogP contribution in [0.25, 0.3) is 0 Å². The zero-order chi connectivity index (χ0) is 23.6. The molecule has 1 aliphatic heterocycles. The molecule has 5 nitrogen and oxygen atoms in total. The average Bonchev–Trinajstić information content (AvgIpc) is 2.81. The summed E-state index contributed by atoms with van der Waals surface area (Å²) < 4.78 is 0. The van der Waals surface area contributed by atoms with E-state index in [1.54, 1.807) is 12.1 Å². The van der Waals surface area contributed by atoms with Crippen LogP contribution in [-0.2, 0) is 65.4 Å². The van der Waals surface area contributed by atoms with Crippen molar-refractivity contribution in [2.24, 2.45) is 4.99 Å². The summed E-state index contributed by atoms with van der Waals surface area (Å²) in [4.78, 5) is 20.7. The Bertz CT molecular complexity index is 741. The van der Waals surface area contributed by atoms with E-state index < -0.39 is 0 Å². The fraction of sp³-hybridized carbons (Fsp3) is 0.464. The van der Waals surface area contributed by atoms with Gasteiger partial charge in [0.1, 0.15) is 0 Å². The fourth-order valence-corrected chi connectivity index (χ4v) is 2.75. The van der Waals surface area contributed by atoms with Crippen LogP contribution in [0.5, 0.6) is 0 Å². The molecular formula is C28H49N4OY2-. The van der Waals surface area contributed by atoms with Gasteiger partial charge in [-0.15, -0.1) is 0 Å². The van der Waals surface area contributed by atoms with Crippen molar-refractivity contribution in [3.8, 4) is 0 Å². The van der Waals surface area contributed by atoms with Crippen LogP contribution in [0.4, 0.5) is 11.4 Å². The largest absolute Gasteiger partial charge is 0.356 e. The number of anilines is 2. The molecule has 0 atom stereocenters. The summed E-state index contributed by atoms with van der Waals surface area (Å²) in [5, 5.41) is 3.30. The Morgan fingerprint density at radius 1 is 0.857 bits per heavy atom. The van der Waals surface area contributed by atoms with Crippen LogP contribution in [0.1, 0.15) is 72.7 Å². The molecule has 1 saturated heterocycles. The molecule has 2 aromatic rings. The van der Waals surface area contributed by atoms with Crippen molar-refractivity contribution >= 4 is 23.2 Å². The second kappa shape index (κ2) is 28.0. The monoisotopic (exact) mass is 635 g/mol. The van der Waals surface area contributed by atoms with Gasteiger partial charge in [-0.25, -0.2) is 0 Å². The quantitative estimate of drug-likeness (QED) is 0.351. The fourth-order valence-electron chi connectivity index (χ4n) is 2.75. The third-order valence-electron chi connectivity index (χ3n) is 4.07. The third kappa shape index (κ3) is 17.5. The zero-order valence-electron chi connectivity index (χ0n) is 21.6. The van der Waals surface area contributed by atoms with Crippen molar-refractivity contribution in [1.29, 1.82) is 0 Å². The molecule has 1 aliphatic rings. The predicted octanol–water partition coefficient (Wildman–Crippen LogP) is 7.74. The van der Waals surface area contributed by atoms with Crippen molar-refractivity contribution in [2.45, 2.75) is 62.3 Å². The predicted molar refractivity (Wildman–Crippen MR) is 150 cm³/mol. The molecule has 0 unspecified atom stereocenters. The molecule has 2 radical (unpaired) electrons. The van der Waals surface area contributed by atoms with E-state index in [0.29, 0.717) is 5.56 Å². The topological polar surface area (TPSA) is 47.9 Å². The van der Waals surface area contributed by atoms with Crippen molar-refractivity contribution < 1.29 is 70.2 Å².